The summed E-state index contributed by atoms with van der Waals surface area (Å²) in [6.07, 6.45) is 6.27. The van der Waals surface area contributed by atoms with Crippen LogP contribution < -0.4 is 4.74 Å². The molecule has 1 saturated carbocycles. The van der Waals surface area contributed by atoms with Gasteiger partial charge in [0.25, 0.3) is 0 Å². The number of fused-ring (bicyclic) bond motifs is 1. The number of methoxy groups -OCH3 is 1. The number of unbranched alkanes of at least 4 members (excludes halogenated alkanes) is 2. The molecule has 1 aliphatic carbocycles. The van der Waals surface area contributed by atoms with Crippen molar-refractivity contribution < 1.29 is 23.7 Å². The molecular weight excluding hydrogens is 488 g/mol. The maximum absolute atomic E-state index is 6.79. The largest absolute Gasteiger partial charge is 0.494 e. The monoisotopic (exact) mass is 530 g/mol. The van der Waals surface area contributed by atoms with Crippen LogP contribution in [0.25, 0.3) is 0 Å². The van der Waals surface area contributed by atoms with Gasteiger partial charge in [0.1, 0.15) is 18.0 Å². The molecule has 2 fully saturated rings. The maximum Gasteiger partial charge on any atom is 0.174 e. The third kappa shape index (κ3) is 6.51. The van der Waals surface area contributed by atoms with Crippen molar-refractivity contribution in [1.82, 2.24) is 0 Å². The smallest absolute Gasteiger partial charge is 0.174 e. The number of benzene rings is 2. The lowest BCUT2D eigenvalue weighted by atomic mass is 9.69. The van der Waals surface area contributed by atoms with Crippen molar-refractivity contribution in [2.45, 2.75) is 89.8 Å². The van der Waals surface area contributed by atoms with Gasteiger partial charge >= 0.3 is 0 Å². The Morgan fingerprint density at radius 1 is 0.946 bits per heavy atom. The first-order chi connectivity index (χ1) is 18.0. The quantitative estimate of drug-likeness (QED) is 0.236. The van der Waals surface area contributed by atoms with Gasteiger partial charge in [0.2, 0.25) is 0 Å². The van der Waals surface area contributed by atoms with Crippen LogP contribution in [0.4, 0.5) is 0 Å². The van der Waals surface area contributed by atoms with Crippen molar-refractivity contribution in [1.29, 1.82) is 0 Å². The molecule has 4 rings (SSSR count). The molecule has 0 amide bonds. The fraction of sp³-hybridized carbons (Fsp3) is 0.613. The van der Waals surface area contributed by atoms with E-state index < -0.39 is 5.79 Å². The highest BCUT2D eigenvalue weighted by atomic mass is 35.5. The Labute approximate surface area is 227 Å². The standard InChI is InChI=1S/C31H43ClO5/c1-5-8-18-35-29-26-16-17-31(26,33-4)37-28(30(29)36-19-9-6-2)23-12-15-27(32)24(21-23)20-22-10-13-25(14-11-22)34-7-3/h10-15,21,26,28-30H,5-9,16-20H2,1-4H3/t26-,28+,29+,30+,31-/m1/s1. The van der Waals surface area contributed by atoms with Crippen LogP contribution in [0.1, 0.15) is 82.1 Å². The molecule has 0 unspecified atom stereocenters. The molecule has 6 heteroatoms. The van der Waals surface area contributed by atoms with Crippen molar-refractivity contribution in [2.24, 2.45) is 5.92 Å². The van der Waals surface area contributed by atoms with Crippen LogP contribution >= 0.6 is 11.6 Å². The zero-order valence-electron chi connectivity index (χ0n) is 22.8. The second kappa shape index (κ2) is 13.4. The van der Waals surface area contributed by atoms with Crippen LogP contribution in [0.5, 0.6) is 5.75 Å². The highest BCUT2D eigenvalue weighted by molar-refractivity contribution is 6.31. The molecule has 1 heterocycles. The van der Waals surface area contributed by atoms with E-state index in [1.807, 2.05) is 25.1 Å². The van der Waals surface area contributed by atoms with Gasteiger partial charge in [-0.15, -0.1) is 0 Å². The Bertz CT molecular complexity index is 976. The molecule has 2 aromatic rings. The predicted molar refractivity (Wildman–Crippen MR) is 147 cm³/mol. The molecule has 0 radical (unpaired) electrons. The Morgan fingerprint density at radius 2 is 1.65 bits per heavy atom. The minimum atomic E-state index is -0.624. The van der Waals surface area contributed by atoms with E-state index in [9.17, 15) is 0 Å². The molecule has 2 aliphatic rings. The van der Waals surface area contributed by atoms with Gasteiger partial charge in [0.15, 0.2) is 5.79 Å². The van der Waals surface area contributed by atoms with E-state index in [-0.39, 0.29) is 24.2 Å². The molecule has 0 spiro atoms. The number of rotatable bonds is 14. The average Bonchev–Trinajstić information content (AvgIpc) is 2.89. The van der Waals surface area contributed by atoms with E-state index in [1.54, 1.807) is 7.11 Å². The Hall–Kier alpha value is -1.63. The lowest BCUT2D eigenvalue weighted by molar-refractivity contribution is -0.388. The Balaban J connectivity index is 1.62. The molecule has 0 bridgehead atoms. The Morgan fingerprint density at radius 3 is 2.24 bits per heavy atom. The van der Waals surface area contributed by atoms with Crippen molar-refractivity contribution >= 4 is 11.6 Å². The molecular formula is C31H43ClO5. The summed E-state index contributed by atoms with van der Waals surface area (Å²) >= 11 is 6.69. The van der Waals surface area contributed by atoms with Gasteiger partial charge in [-0.25, -0.2) is 0 Å². The van der Waals surface area contributed by atoms with Crippen LogP contribution in [0.3, 0.4) is 0 Å². The summed E-state index contributed by atoms with van der Waals surface area (Å²) in [5, 5.41) is 0.746. The lowest BCUT2D eigenvalue weighted by Crippen LogP contribution is -2.65. The first-order valence-corrected chi connectivity index (χ1v) is 14.4. The van der Waals surface area contributed by atoms with Crippen molar-refractivity contribution in [3.8, 4) is 5.75 Å². The third-order valence-corrected chi connectivity index (χ3v) is 8.07. The zero-order chi connectivity index (χ0) is 26.3. The van der Waals surface area contributed by atoms with Crippen LogP contribution in [-0.4, -0.2) is 44.9 Å². The summed E-state index contributed by atoms with van der Waals surface area (Å²) in [6, 6.07) is 14.4. The fourth-order valence-electron chi connectivity index (χ4n) is 5.47. The Kier molecular flexibility index (Phi) is 10.3. The van der Waals surface area contributed by atoms with E-state index in [0.717, 1.165) is 73.5 Å². The normalized spacial score (nSPS) is 26.9. The highest BCUT2D eigenvalue weighted by Gasteiger charge is 2.61. The zero-order valence-corrected chi connectivity index (χ0v) is 23.6. The summed E-state index contributed by atoms with van der Waals surface area (Å²) in [4.78, 5) is 0. The molecule has 1 saturated heterocycles. The van der Waals surface area contributed by atoms with Crippen LogP contribution in [0.2, 0.25) is 5.02 Å². The average molecular weight is 531 g/mol. The van der Waals surface area contributed by atoms with E-state index >= 15 is 0 Å². The first kappa shape index (κ1) is 28.4. The van der Waals surface area contributed by atoms with E-state index in [1.165, 1.54) is 5.56 Å². The molecule has 1 aliphatic heterocycles. The molecule has 2 aromatic carbocycles. The summed E-state index contributed by atoms with van der Waals surface area (Å²) in [6.45, 7) is 8.43. The number of halogens is 1. The van der Waals surface area contributed by atoms with Gasteiger partial charge in [-0.05, 0) is 67.5 Å². The summed E-state index contributed by atoms with van der Waals surface area (Å²) in [5.41, 5.74) is 3.29. The van der Waals surface area contributed by atoms with Gasteiger partial charge in [0.05, 0.1) is 12.7 Å². The number of ether oxygens (including phenoxy) is 5. The fourth-order valence-corrected chi connectivity index (χ4v) is 5.65. The predicted octanol–water partition coefficient (Wildman–Crippen LogP) is 7.52. The first-order valence-electron chi connectivity index (χ1n) is 14.0. The minimum Gasteiger partial charge on any atom is -0.494 e. The van der Waals surface area contributed by atoms with Gasteiger partial charge < -0.3 is 23.7 Å². The van der Waals surface area contributed by atoms with Crippen molar-refractivity contribution in [2.75, 3.05) is 26.9 Å². The summed E-state index contributed by atoms with van der Waals surface area (Å²) in [5.74, 6) is 0.428. The third-order valence-electron chi connectivity index (χ3n) is 7.70. The summed E-state index contributed by atoms with van der Waals surface area (Å²) in [7, 11) is 1.75. The summed E-state index contributed by atoms with van der Waals surface area (Å²) < 4.78 is 31.5. The molecule has 37 heavy (non-hydrogen) atoms. The van der Waals surface area contributed by atoms with Gasteiger partial charge in [-0.3, -0.25) is 0 Å². The minimum absolute atomic E-state index is 0.0684. The number of hydrogen-bond acceptors (Lipinski definition) is 5. The number of hydrogen-bond donors (Lipinski definition) is 0. The van der Waals surface area contributed by atoms with E-state index in [4.69, 9.17) is 35.3 Å². The van der Waals surface area contributed by atoms with Crippen LogP contribution in [0, 0.1) is 5.92 Å². The topological polar surface area (TPSA) is 46.2 Å². The second-order valence-electron chi connectivity index (χ2n) is 10.2. The van der Waals surface area contributed by atoms with Crippen molar-refractivity contribution in [3.05, 3.63) is 64.2 Å². The van der Waals surface area contributed by atoms with Crippen molar-refractivity contribution in [3.63, 3.8) is 0 Å². The molecule has 5 nitrogen and oxygen atoms in total. The molecule has 5 atom stereocenters. The van der Waals surface area contributed by atoms with Gasteiger partial charge in [0, 0.05) is 37.7 Å². The molecule has 0 N–H and O–H groups in total. The molecule has 0 aromatic heterocycles. The van der Waals surface area contributed by atoms with Gasteiger partial charge in [-0.1, -0.05) is 62.6 Å². The maximum atomic E-state index is 6.79. The van der Waals surface area contributed by atoms with Crippen LogP contribution in [0.15, 0.2) is 42.5 Å². The SMILES string of the molecule is CCCCO[C@@H]1[C@@H](OCCCC)[C@H](c2ccc(Cl)c(Cc3ccc(OCC)cc3)c2)O[C@]2(OC)CC[C@H]12. The van der Waals surface area contributed by atoms with E-state index in [0.29, 0.717) is 13.2 Å². The second-order valence-corrected chi connectivity index (χ2v) is 10.6. The lowest BCUT2D eigenvalue weighted by Gasteiger charge is -2.58. The highest BCUT2D eigenvalue weighted by Crippen LogP contribution is 2.54. The molecule has 204 valence electrons. The van der Waals surface area contributed by atoms with Gasteiger partial charge in [-0.2, -0.15) is 0 Å². The van der Waals surface area contributed by atoms with Crippen LogP contribution in [-0.2, 0) is 25.4 Å². The van der Waals surface area contributed by atoms with E-state index in [2.05, 4.69) is 38.1 Å².